The monoisotopic (exact) mass is 201 g/mol. The highest BCUT2D eigenvalue weighted by Crippen LogP contribution is 2.27. The van der Waals surface area contributed by atoms with E-state index in [2.05, 4.69) is 26.9 Å². The van der Waals surface area contributed by atoms with Gasteiger partial charge in [-0.2, -0.15) is 4.68 Å². The van der Waals surface area contributed by atoms with Crippen LogP contribution in [0.5, 0.6) is 0 Å². The van der Waals surface area contributed by atoms with E-state index < -0.39 is 0 Å². The zero-order valence-electron chi connectivity index (χ0n) is 8.17. The van der Waals surface area contributed by atoms with Crippen LogP contribution in [0.1, 0.15) is 12.8 Å². The minimum Gasteiger partial charge on any atom is -0.381 e. The maximum Gasteiger partial charge on any atom is 0.143 e. The highest BCUT2D eigenvalue weighted by Gasteiger charge is 2.22. The first-order valence-corrected chi connectivity index (χ1v) is 5.02. The van der Waals surface area contributed by atoms with Crippen LogP contribution in [-0.2, 0) is 0 Å². The first-order valence-electron chi connectivity index (χ1n) is 5.02. The Balaban J connectivity index is 1.98. The molecule has 0 saturated heterocycles. The van der Waals surface area contributed by atoms with Gasteiger partial charge in [-0.15, -0.1) is 5.10 Å². The van der Waals surface area contributed by atoms with Gasteiger partial charge in [0.2, 0.25) is 0 Å². The van der Waals surface area contributed by atoms with Crippen molar-refractivity contribution in [2.24, 2.45) is 0 Å². The lowest BCUT2D eigenvalue weighted by molar-refractivity contribution is 0.789. The summed E-state index contributed by atoms with van der Waals surface area (Å²) in [4.78, 5) is 0. The molecule has 5 nitrogen and oxygen atoms in total. The molecule has 0 bridgehead atoms. The molecule has 76 valence electrons. The molecule has 1 aromatic carbocycles. The summed E-state index contributed by atoms with van der Waals surface area (Å²) in [5, 5.41) is 14.6. The summed E-state index contributed by atoms with van der Waals surface area (Å²) in [6.07, 6.45) is 4.11. The van der Waals surface area contributed by atoms with Crippen LogP contribution >= 0.6 is 0 Å². The average molecular weight is 201 g/mol. The van der Waals surface area contributed by atoms with Crippen molar-refractivity contribution in [2.45, 2.75) is 18.9 Å². The quantitative estimate of drug-likeness (QED) is 0.811. The summed E-state index contributed by atoms with van der Waals surface area (Å²) in [5.74, 6) is 0. The standard InChI is InChI=1S/C10H11N5/c1-2-4-10(15-7-11-13-14-15)9(3-1)12-8-5-6-8/h1-4,7-8,12H,5-6H2. The van der Waals surface area contributed by atoms with Crippen molar-refractivity contribution in [2.75, 3.05) is 5.32 Å². The molecule has 1 aliphatic rings. The van der Waals surface area contributed by atoms with Crippen molar-refractivity contribution in [3.63, 3.8) is 0 Å². The second kappa shape index (κ2) is 3.34. The Kier molecular flexibility index (Phi) is 1.87. The summed E-state index contributed by atoms with van der Waals surface area (Å²) in [6, 6.07) is 8.67. The van der Waals surface area contributed by atoms with E-state index in [0.29, 0.717) is 6.04 Å². The molecule has 5 heteroatoms. The van der Waals surface area contributed by atoms with Gasteiger partial charge in [0.05, 0.1) is 11.4 Å². The SMILES string of the molecule is c1ccc(-n2cnnn2)c(NC2CC2)c1. The molecule has 1 aromatic heterocycles. The molecule has 0 atom stereocenters. The summed E-state index contributed by atoms with van der Waals surface area (Å²) in [5.41, 5.74) is 2.08. The lowest BCUT2D eigenvalue weighted by Crippen LogP contribution is -2.06. The van der Waals surface area contributed by atoms with Crippen molar-refractivity contribution in [3.8, 4) is 5.69 Å². The van der Waals surface area contributed by atoms with E-state index in [1.54, 1.807) is 11.0 Å². The number of rotatable bonds is 3. The minimum absolute atomic E-state index is 0.627. The molecule has 15 heavy (non-hydrogen) atoms. The fourth-order valence-corrected chi connectivity index (χ4v) is 1.51. The summed E-state index contributed by atoms with van der Waals surface area (Å²) >= 11 is 0. The fourth-order valence-electron chi connectivity index (χ4n) is 1.51. The number of para-hydroxylation sites is 2. The van der Waals surface area contributed by atoms with E-state index in [1.165, 1.54) is 12.8 Å². The number of hydrogen-bond donors (Lipinski definition) is 1. The van der Waals surface area contributed by atoms with Gasteiger partial charge in [-0.25, -0.2) is 0 Å². The third-order valence-corrected chi connectivity index (χ3v) is 2.44. The molecule has 0 unspecified atom stereocenters. The average Bonchev–Trinajstić information content (AvgIpc) is 2.93. The van der Waals surface area contributed by atoms with Gasteiger partial charge in [0, 0.05) is 6.04 Å². The minimum atomic E-state index is 0.627. The van der Waals surface area contributed by atoms with Crippen molar-refractivity contribution in [1.82, 2.24) is 20.2 Å². The molecule has 1 saturated carbocycles. The van der Waals surface area contributed by atoms with Crippen LogP contribution in [0.3, 0.4) is 0 Å². The van der Waals surface area contributed by atoms with E-state index in [9.17, 15) is 0 Å². The molecule has 1 heterocycles. The van der Waals surface area contributed by atoms with Crippen molar-refractivity contribution < 1.29 is 0 Å². The number of nitrogens with zero attached hydrogens (tertiary/aromatic N) is 4. The van der Waals surface area contributed by atoms with Crippen LogP contribution in [0.25, 0.3) is 5.69 Å². The molecule has 2 aromatic rings. The predicted molar refractivity (Wildman–Crippen MR) is 55.8 cm³/mol. The van der Waals surface area contributed by atoms with Crippen LogP contribution in [0.2, 0.25) is 0 Å². The topological polar surface area (TPSA) is 55.6 Å². The maximum absolute atomic E-state index is 3.89. The van der Waals surface area contributed by atoms with E-state index >= 15 is 0 Å². The van der Waals surface area contributed by atoms with Gasteiger partial charge in [0.15, 0.2) is 0 Å². The van der Waals surface area contributed by atoms with Crippen LogP contribution in [-0.4, -0.2) is 26.2 Å². The maximum atomic E-state index is 3.89. The second-order valence-electron chi connectivity index (χ2n) is 3.69. The lowest BCUT2D eigenvalue weighted by atomic mass is 10.2. The van der Waals surface area contributed by atoms with Gasteiger partial charge in [-0.05, 0) is 35.4 Å². The normalized spacial score (nSPS) is 15.2. The van der Waals surface area contributed by atoms with Gasteiger partial charge in [0.1, 0.15) is 6.33 Å². The third-order valence-electron chi connectivity index (χ3n) is 2.44. The van der Waals surface area contributed by atoms with Gasteiger partial charge in [-0.1, -0.05) is 12.1 Å². The molecular formula is C10H11N5. The summed E-state index contributed by atoms with van der Waals surface area (Å²) in [6.45, 7) is 0. The summed E-state index contributed by atoms with van der Waals surface area (Å²) in [7, 11) is 0. The second-order valence-corrected chi connectivity index (χ2v) is 3.69. The molecule has 0 spiro atoms. The molecule has 0 aliphatic heterocycles. The predicted octanol–water partition coefficient (Wildman–Crippen LogP) is 1.24. The molecule has 1 aliphatic carbocycles. The third kappa shape index (κ3) is 1.68. The van der Waals surface area contributed by atoms with Crippen molar-refractivity contribution in [3.05, 3.63) is 30.6 Å². The molecule has 1 fully saturated rings. The van der Waals surface area contributed by atoms with Crippen LogP contribution < -0.4 is 5.32 Å². The van der Waals surface area contributed by atoms with Crippen molar-refractivity contribution in [1.29, 1.82) is 0 Å². The summed E-state index contributed by atoms with van der Waals surface area (Å²) < 4.78 is 1.67. The number of benzene rings is 1. The van der Waals surface area contributed by atoms with Crippen LogP contribution in [0.4, 0.5) is 5.69 Å². The van der Waals surface area contributed by atoms with Crippen LogP contribution in [0.15, 0.2) is 30.6 Å². The van der Waals surface area contributed by atoms with E-state index in [1.807, 2.05) is 18.2 Å². The number of hydrogen-bond acceptors (Lipinski definition) is 4. The number of aromatic nitrogens is 4. The Morgan fingerprint density at radius 2 is 2.13 bits per heavy atom. The molecule has 3 rings (SSSR count). The number of tetrazole rings is 1. The zero-order valence-corrected chi connectivity index (χ0v) is 8.17. The highest BCUT2D eigenvalue weighted by atomic mass is 15.5. The first-order chi connectivity index (χ1) is 7.43. The van der Waals surface area contributed by atoms with Gasteiger partial charge >= 0.3 is 0 Å². The van der Waals surface area contributed by atoms with Gasteiger partial charge in [-0.3, -0.25) is 0 Å². The Hall–Kier alpha value is -1.91. The number of anilines is 1. The largest absolute Gasteiger partial charge is 0.381 e. The van der Waals surface area contributed by atoms with Gasteiger partial charge in [0.25, 0.3) is 0 Å². The first kappa shape index (κ1) is 8.40. The zero-order chi connectivity index (χ0) is 10.1. The smallest absolute Gasteiger partial charge is 0.143 e. The van der Waals surface area contributed by atoms with Gasteiger partial charge < -0.3 is 5.32 Å². The molecule has 1 N–H and O–H groups in total. The Morgan fingerprint density at radius 3 is 2.87 bits per heavy atom. The Labute approximate surface area is 87.1 Å². The Bertz CT molecular complexity index is 447. The lowest BCUT2D eigenvalue weighted by Gasteiger charge is -2.09. The van der Waals surface area contributed by atoms with Crippen molar-refractivity contribution >= 4 is 5.69 Å². The van der Waals surface area contributed by atoms with E-state index in [4.69, 9.17) is 0 Å². The molecule has 0 amide bonds. The molecular weight excluding hydrogens is 190 g/mol. The Morgan fingerprint density at radius 1 is 1.27 bits per heavy atom. The van der Waals surface area contributed by atoms with E-state index in [0.717, 1.165) is 11.4 Å². The highest BCUT2D eigenvalue weighted by molar-refractivity contribution is 5.61. The van der Waals surface area contributed by atoms with Crippen LogP contribution in [0, 0.1) is 0 Å². The fraction of sp³-hybridized carbons (Fsp3) is 0.300. The van der Waals surface area contributed by atoms with E-state index in [-0.39, 0.29) is 0 Å². The molecule has 0 radical (unpaired) electrons. The number of nitrogens with one attached hydrogen (secondary N) is 1.